The molecular formula is C18H21ClN2O4S2. The molecule has 1 heterocycles. The Labute approximate surface area is 165 Å². The Bertz CT molecular complexity index is 1040. The standard InChI is InChI=1S/C18H21ClN2O4S2/c1-13-11-17(21-9-3-4-10-26(21,22)23)12-14(2)18(13)27(24,25)20-16-7-5-15(19)6-8-16/h5-8,11-12,20H,3-4,9-10H2,1-2H3. The van der Waals surface area contributed by atoms with Crippen molar-refractivity contribution in [3.8, 4) is 0 Å². The number of hydrogen-bond donors (Lipinski definition) is 1. The highest BCUT2D eigenvalue weighted by molar-refractivity contribution is 7.93. The summed E-state index contributed by atoms with van der Waals surface area (Å²) in [6.45, 7) is 3.75. The summed E-state index contributed by atoms with van der Waals surface area (Å²) in [5.74, 6) is 0.114. The second-order valence-electron chi connectivity index (χ2n) is 6.62. The first kappa shape index (κ1) is 20.0. The van der Waals surface area contributed by atoms with Crippen LogP contribution in [0.4, 0.5) is 11.4 Å². The maximum absolute atomic E-state index is 12.9. The lowest BCUT2D eigenvalue weighted by Crippen LogP contribution is -2.38. The van der Waals surface area contributed by atoms with Gasteiger partial charge in [0.25, 0.3) is 10.0 Å². The third-order valence-electron chi connectivity index (χ3n) is 4.45. The maximum Gasteiger partial charge on any atom is 0.262 e. The van der Waals surface area contributed by atoms with Crippen molar-refractivity contribution in [3.05, 3.63) is 52.5 Å². The van der Waals surface area contributed by atoms with E-state index in [0.717, 1.165) is 6.42 Å². The lowest BCUT2D eigenvalue weighted by Gasteiger charge is -2.29. The molecule has 2 aromatic rings. The minimum Gasteiger partial charge on any atom is -0.280 e. The van der Waals surface area contributed by atoms with Crippen LogP contribution in [0.2, 0.25) is 5.02 Å². The Kier molecular flexibility index (Phi) is 5.42. The summed E-state index contributed by atoms with van der Waals surface area (Å²) in [6, 6.07) is 9.60. The van der Waals surface area contributed by atoms with Crippen LogP contribution in [0.5, 0.6) is 0 Å². The van der Waals surface area contributed by atoms with Crippen LogP contribution in [0, 0.1) is 13.8 Å². The molecule has 146 valence electrons. The second kappa shape index (κ2) is 7.33. The van der Waals surface area contributed by atoms with E-state index in [1.807, 2.05) is 0 Å². The Morgan fingerprint density at radius 1 is 1.04 bits per heavy atom. The summed E-state index contributed by atoms with van der Waals surface area (Å²) >= 11 is 5.83. The van der Waals surface area contributed by atoms with Gasteiger partial charge in [0, 0.05) is 17.3 Å². The van der Waals surface area contributed by atoms with Crippen LogP contribution >= 0.6 is 11.6 Å². The van der Waals surface area contributed by atoms with Crippen molar-refractivity contribution in [2.75, 3.05) is 21.3 Å². The summed E-state index contributed by atoms with van der Waals surface area (Å²) in [4.78, 5) is 0.149. The molecule has 0 aromatic heterocycles. The molecule has 0 bridgehead atoms. The molecule has 1 aliphatic rings. The van der Waals surface area contributed by atoms with Crippen LogP contribution in [-0.4, -0.2) is 29.1 Å². The van der Waals surface area contributed by atoms with E-state index in [-0.39, 0.29) is 10.6 Å². The molecule has 0 atom stereocenters. The zero-order chi connectivity index (χ0) is 19.8. The summed E-state index contributed by atoms with van der Waals surface area (Å²) in [7, 11) is -7.18. The van der Waals surface area contributed by atoms with Gasteiger partial charge in [0.05, 0.1) is 16.3 Å². The van der Waals surface area contributed by atoms with Crippen LogP contribution in [0.25, 0.3) is 0 Å². The first-order valence-electron chi connectivity index (χ1n) is 8.50. The van der Waals surface area contributed by atoms with E-state index in [1.165, 1.54) is 4.31 Å². The molecule has 0 saturated carbocycles. The second-order valence-corrected chi connectivity index (χ2v) is 10.7. The molecule has 0 amide bonds. The number of sulfonamides is 2. The third kappa shape index (κ3) is 4.23. The van der Waals surface area contributed by atoms with E-state index < -0.39 is 20.0 Å². The highest BCUT2D eigenvalue weighted by atomic mass is 35.5. The maximum atomic E-state index is 12.9. The normalized spacial score (nSPS) is 16.9. The molecule has 3 rings (SSSR count). The Balaban J connectivity index is 1.98. The predicted molar refractivity (Wildman–Crippen MR) is 109 cm³/mol. The van der Waals surface area contributed by atoms with Gasteiger partial charge in [-0.05, 0) is 74.2 Å². The van der Waals surface area contributed by atoms with Crippen LogP contribution in [0.3, 0.4) is 0 Å². The van der Waals surface area contributed by atoms with Gasteiger partial charge in [-0.25, -0.2) is 16.8 Å². The average Bonchev–Trinajstić information content (AvgIpc) is 2.55. The number of anilines is 2. The molecule has 0 aliphatic carbocycles. The van der Waals surface area contributed by atoms with Crippen LogP contribution in [0.1, 0.15) is 24.0 Å². The number of nitrogens with zero attached hydrogens (tertiary/aromatic N) is 1. The quantitative estimate of drug-likeness (QED) is 0.804. The summed E-state index contributed by atoms with van der Waals surface area (Å²) < 4.78 is 54.3. The third-order valence-corrected chi connectivity index (χ3v) is 8.25. The molecule has 1 fully saturated rings. The molecule has 1 saturated heterocycles. The van der Waals surface area contributed by atoms with E-state index in [0.29, 0.717) is 40.5 Å². The van der Waals surface area contributed by atoms with Gasteiger partial charge >= 0.3 is 0 Å². The van der Waals surface area contributed by atoms with Gasteiger partial charge in [0.15, 0.2) is 0 Å². The largest absolute Gasteiger partial charge is 0.280 e. The van der Waals surface area contributed by atoms with E-state index in [4.69, 9.17) is 11.6 Å². The van der Waals surface area contributed by atoms with Crippen molar-refractivity contribution in [2.45, 2.75) is 31.6 Å². The topological polar surface area (TPSA) is 83.6 Å². The minimum absolute atomic E-state index is 0.114. The average molecular weight is 429 g/mol. The molecular weight excluding hydrogens is 408 g/mol. The van der Waals surface area contributed by atoms with Crippen LogP contribution < -0.4 is 9.03 Å². The Morgan fingerprint density at radius 3 is 2.19 bits per heavy atom. The number of aryl methyl sites for hydroxylation is 2. The van der Waals surface area contributed by atoms with Crippen molar-refractivity contribution in [3.63, 3.8) is 0 Å². The minimum atomic E-state index is -3.82. The zero-order valence-corrected chi connectivity index (χ0v) is 17.5. The number of rotatable bonds is 4. The monoisotopic (exact) mass is 428 g/mol. The molecule has 6 nitrogen and oxygen atoms in total. The van der Waals surface area contributed by atoms with Crippen molar-refractivity contribution < 1.29 is 16.8 Å². The van der Waals surface area contributed by atoms with E-state index >= 15 is 0 Å². The fourth-order valence-electron chi connectivity index (χ4n) is 3.30. The molecule has 0 spiro atoms. The summed E-state index contributed by atoms with van der Waals surface area (Å²) in [5, 5.41) is 0.511. The Morgan fingerprint density at radius 2 is 1.63 bits per heavy atom. The summed E-state index contributed by atoms with van der Waals surface area (Å²) in [5.41, 5.74) is 1.90. The van der Waals surface area contributed by atoms with E-state index in [9.17, 15) is 16.8 Å². The van der Waals surface area contributed by atoms with E-state index in [2.05, 4.69) is 4.72 Å². The fraction of sp³-hybridized carbons (Fsp3) is 0.333. The highest BCUT2D eigenvalue weighted by Crippen LogP contribution is 2.31. The summed E-state index contributed by atoms with van der Waals surface area (Å²) in [6.07, 6.45) is 1.43. The molecule has 0 radical (unpaired) electrons. The number of nitrogens with one attached hydrogen (secondary N) is 1. The number of benzene rings is 2. The molecule has 27 heavy (non-hydrogen) atoms. The lowest BCUT2D eigenvalue weighted by molar-refractivity contribution is 0.574. The van der Waals surface area contributed by atoms with Crippen molar-refractivity contribution in [1.29, 1.82) is 0 Å². The van der Waals surface area contributed by atoms with Gasteiger partial charge in [-0.15, -0.1) is 0 Å². The van der Waals surface area contributed by atoms with Gasteiger partial charge in [-0.3, -0.25) is 9.03 Å². The molecule has 1 N–H and O–H groups in total. The molecule has 9 heteroatoms. The van der Waals surface area contributed by atoms with Gasteiger partial charge in [0.1, 0.15) is 0 Å². The molecule has 2 aromatic carbocycles. The van der Waals surface area contributed by atoms with Crippen LogP contribution in [0.15, 0.2) is 41.3 Å². The van der Waals surface area contributed by atoms with Gasteiger partial charge in [0.2, 0.25) is 10.0 Å². The van der Waals surface area contributed by atoms with Crippen molar-refractivity contribution >= 4 is 43.0 Å². The van der Waals surface area contributed by atoms with E-state index in [1.54, 1.807) is 50.2 Å². The first-order valence-corrected chi connectivity index (χ1v) is 12.0. The fourth-order valence-corrected chi connectivity index (χ4v) is 6.56. The van der Waals surface area contributed by atoms with Gasteiger partial charge in [-0.2, -0.15) is 0 Å². The number of hydrogen-bond acceptors (Lipinski definition) is 4. The zero-order valence-electron chi connectivity index (χ0n) is 15.1. The first-order chi connectivity index (χ1) is 12.6. The highest BCUT2D eigenvalue weighted by Gasteiger charge is 2.28. The van der Waals surface area contributed by atoms with Crippen LogP contribution in [-0.2, 0) is 20.0 Å². The lowest BCUT2D eigenvalue weighted by atomic mass is 10.1. The number of halogens is 1. The van der Waals surface area contributed by atoms with Crippen molar-refractivity contribution in [1.82, 2.24) is 0 Å². The molecule has 1 aliphatic heterocycles. The van der Waals surface area contributed by atoms with Crippen molar-refractivity contribution in [2.24, 2.45) is 0 Å². The smallest absolute Gasteiger partial charge is 0.262 e. The molecule has 0 unspecified atom stereocenters. The Hall–Kier alpha value is -1.77. The predicted octanol–water partition coefficient (Wildman–Crippen LogP) is 3.69. The SMILES string of the molecule is Cc1cc(N2CCCCS2(=O)=O)cc(C)c1S(=O)(=O)Nc1ccc(Cl)cc1. The van der Waals surface area contributed by atoms with Gasteiger partial charge in [-0.1, -0.05) is 11.6 Å². The van der Waals surface area contributed by atoms with Gasteiger partial charge < -0.3 is 0 Å².